The van der Waals surface area contributed by atoms with Gasteiger partial charge in [0.15, 0.2) is 0 Å². The van der Waals surface area contributed by atoms with Gasteiger partial charge in [0.1, 0.15) is 0 Å². The van der Waals surface area contributed by atoms with Crippen molar-refractivity contribution >= 4 is 11.8 Å². The summed E-state index contributed by atoms with van der Waals surface area (Å²) in [6.07, 6.45) is 9.18. The Bertz CT molecular complexity index is 831. The van der Waals surface area contributed by atoms with Crippen molar-refractivity contribution < 1.29 is 19.2 Å². The monoisotopic (exact) mass is 532 g/mol. The van der Waals surface area contributed by atoms with E-state index in [0.29, 0.717) is 48.3 Å². The van der Waals surface area contributed by atoms with Gasteiger partial charge in [-0.25, -0.2) is 0 Å². The van der Waals surface area contributed by atoms with Gasteiger partial charge in [0.2, 0.25) is 11.8 Å². The van der Waals surface area contributed by atoms with Crippen molar-refractivity contribution in [1.29, 1.82) is 0 Å². The molecule has 38 heavy (non-hydrogen) atoms. The zero-order valence-electron chi connectivity index (χ0n) is 24.3. The van der Waals surface area contributed by atoms with Crippen LogP contribution in [-0.2, 0) is 19.2 Å². The summed E-state index contributed by atoms with van der Waals surface area (Å²) in [6, 6.07) is 1.30. The van der Waals surface area contributed by atoms with Crippen molar-refractivity contribution in [3.05, 3.63) is 0 Å². The summed E-state index contributed by atoms with van der Waals surface area (Å²) in [6.45, 7) is 10.4. The van der Waals surface area contributed by atoms with Gasteiger partial charge in [0, 0.05) is 55.5 Å². The molecule has 8 heteroatoms. The zero-order valence-corrected chi connectivity index (χ0v) is 24.3. The number of fused-ring (bicyclic) bond motifs is 1. The quantitative estimate of drug-likeness (QED) is 0.487. The molecule has 5 fully saturated rings. The van der Waals surface area contributed by atoms with E-state index in [1.807, 2.05) is 7.05 Å². The number of hydrogen-bond donors (Lipinski definition) is 3. The fourth-order valence-electron chi connectivity index (χ4n) is 8.28. The van der Waals surface area contributed by atoms with Crippen LogP contribution in [0.15, 0.2) is 0 Å². The van der Waals surface area contributed by atoms with Crippen molar-refractivity contribution in [2.45, 2.75) is 122 Å². The van der Waals surface area contributed by atoms with Crippen molar-refractivity contribution in [3.63, 3.8) is 0 Å². The van der Waals surface area contributed by atoms with Crippen LogP contribution in [0.1, 0.15) is 85.5 Å². The summed E-state index contributed by atoms with van der Waals surface area (Å²) < 4.78 is 6.31. The molecule has 0 aromatic heterocycles. The van der Waals surface area contributed by atoms with Crippen LogP contribution in [0.5, 0.6) is 0 Å². The van der Waals surface area contributed by atoms with Gasteiger partial charge < -0.3 is 20.3 Å². The number of ether oxygens (including phenoxy) is 1. The van der Waals surface area contributed by atoms with Crippen LogP contribution >= 0.6 is 0 Å². The number of amides is 2. The Morgan fingerprint density at radius 3 is 2.66 bits per heavy atom. The van der Waals surface area contributed by atoms with Crippen molar-refractivity contribution in [1.82, 2.24) is 21.0 Å². The number of carbonyl (C=O) groups excluding carboxylic acids is 2. The summed E-state index contributed by atoms with van der Waals surface area (Å²) >= 11 is 0. The number of nitrogens with zero attached hydrogens (tertiary/aromatic N) is 1. The highest BCUT2D eigenvalue weighted by molar-refractivity contribution is 5.80. The summed E-state index contributed by atoms with van der Waals surface area (Å²) in [5.74, 6) is 2.38. The maximum absolute atomic E-state index is 13.5. The van der Waals surface area contributed by atoms with E-state index in [1.54, 1.807) is 0 Å². The lowest BCUT2D eigenvalue weighted by atomic mass is 9.65. The lowest BCUT2D eigenvalue weighted by Crippen LogP contribution is -2.60. The van der Waals surface area contributed by atoms with Gasteiger partial charge in [-0.05, 0) is 89.9 Å². The molecule has 3 N–H and O–H groups in total. The Hall–Kier alpha value is -1.22. The summed E-state index contributed by atoms with van der Waals surface area (Å²) in [4.78, 5) is 34.5. The van der Waals surface area contributed by atoms with Gasteiger partial charge >= 0.3 is 0 Å². The number of nitrogens with one attached hydrogen (secondary N) is 3. The maximum atomic E-state index is 13.5. The second-order valence-corrected chi connectivity index (χ2v) is 13.5. The van der Waals surface area contributed by atoms with E-state index < -0.39 is 0 Å². The minimum Gasteiger partial charge on any atom is -0.378 e. The Labute approximate surface area is 229 Å². The van der Waals surface area contributed by atoms with Gasteiger partial charge in [0.25, 0.3) is 0 Å². The number of rotatable bonds is 6. The molecule has 3 aliphatic heterocycles. The van der Waals surface area contributed by atoms with Crippen LogP contribution in [0.25, 0.3) is 0 Å². The lowest BCUT2D eigenvalue weighted by Gasteiger charge is -2.50. The number of hydrogen-bond acceptors (Lipinski definition) is 6. The van der Waals surface area contributed by atoms with Crippen molar-refractivity contribution in [2.24, 2.45) is 35.5 Å². The average molecular weight is 533 g/mol. The largest absolute Gasteiger partial charge is 0.378 e. The summed E-state index contributed by atoms with van der Waals surface area (Å²) in [5.41, 5.74) is 3.06. The SMILES string of the molecule is CC1CC2C(CN1)CC(C1CC(NC(=O)C3CCCC(OCC4C(C)NOC4C)C3)CCC1C)C(=O)N2C. The van der Waals surface area contributed by atoms with E-state index in [0.717, 1.165) is 64.3 Å². The first-order valence-corrected chi connectivity index (χ1v) is 15.5. The normalized spacial score (nSPS) is 46.0. The van der Waals surface area contributed by atoms with E-state index in [-0.39, 0.29) is 42.0 Å². The molecule has 8 nitrogen and oxygen atoms in total. The molecule has 0 bridgehead atoms. The highest BCUT2D eigenvalue weighted by Crippen LogP contribution is 2.43. The van der Waals surface area contributed by atoms with Gasteiger partial charge in [-0.2, -0.15) is 5.48 Å². The van der Waals surface area contributed by atoms with E-state index in [1.165, 1.54) is 0 Å². The molecular formula is C30H52N4O4. The molecule has 12 atom stereocenters. The fourth-order valence-corrected chi connectivity index (χ4v) is 8.28. The molecule has 0 aromatic rings. The Morgan fingerprint density at radius 1 is 1.08 bits per heavy atom. The smallest absolute Gasteiger partial charge is 0.225 e. The van der Waals surface area contributed by atoms with Crippen LogP contribution in [0.3, 0.4) is 0 Å². The first kappa shape index (κ1) is 28.3. The lowest BCUT2D eigenvalue weighted by molar-refractivity contribution is -0.148. The molecule has 5 rings (SSSR count). The number of carbonyl (C=O) groups is 2. The molecule has 3 heterocycles. The summed E-state index contributed by atoms with van der Waals surface area (Å²) in [7, 11) is 2.02. The molecule has 0 spiro atoms. The first-order valence-electron chi connectivity index (χ1n) is 15.5. The third kappa shape index (κ3) is 6.08. The Morgan fingerprint density at radius 2 is 1.89 bits per heavy atom. The fraction of sp³-hybridized carbons (Fsp3) is 0.933. The second kappa shape index (κ2) is 12.1. The minimum absolute atomic E-state index is 0.0258. The highest BCUT2D eigenvalue weighted by Gasteiger charge is 2.47. The van der Waals surface area contributed by atoms with Crippen LogP contribution in [-0.4, -0.2) is 73.3 Å². The molecule has 2 aliphatic carbocycles. The molecule has 216 valence electrons. The standard InChI is InChI=1S/C30H52N4O4/c1-17-9-10-23(14-25(17)26-13-22-15-31-18(2)11-28(22)34(5)30(26)36)32-29(35)21-7-6-8-24(12-21)37-16-27-19(3)33-38-20(27)4/h17-28,31,33H,6-16H2,1-5H3,(H,32,35). The van der Waals surface area contributed by atoms with Crippen LogP contribution < -0.4 is 16.1 Å². The average Bonchev–Trinajstić information content (AvgIpc) is 3.23. The third-order valence-corrected chi connectivity index (χ3v) is 10.9. The molecule has 2 amide bonds. The van der Waals surface area contributed by atoms with E-state index in [2.05, 4.69) is 48.7 Å². The molecular weight excluding hydrogens is 480 g/mol. The van der Waals surface area contributed by atoms with E-state index >= 15 is 0 Å². The first-order chi connectivity index (χ1) is 18.2. The third-order valence-electron chi connectivity index (χ3n) is 10.9. The van der Waals surface area contributed by atoms with Gasteiger partial charge in [-0.1, -0.05) is 13.3 Å². The van der Waals surface area contributed by atoms with Crippen molar-refractivity contribution in [3.8, 4) is 0 Å². The van der Waals surface area contributed by atoms with Gasteiger partial charge in [0.05, 0.1) is 18.8 Å². The topological polar surface area (TPSA) is 91.9 Å². The van der Waals surface area contributed by atoms with Crippen LogP contribution in [0, 0.1) is 35.5 Å². The second-order valence-electron chi connectivity index (χ2n) is 13.5. The number of piperidine rings is 2. The Balaban J connectivity index is 1.14. The molecule has 12 unspecified atom stereocenters. The maximum Gasteiger partial charge on any atom is 0.225 e. The molecule has 0 aromatic carbocycles. The van der Waals surface area contributed by atoms with Crippen LogP contribution in [0.2, 0.25) is 0 Å². The highest BCUT2D eigenvalue weighted by atomic mass is 16.7. The summed E-state index contributed by atoms with van der Waals surface area (Å²) in [5, 5.41) is 7.08. The molecule has 3 saturated heterocycles. The van der Waals surface area contributed by atoms with Crippen molar-refractivity contribution in [2.75, 3.05) is 20.2 Å². The minimum atomic E-state index is 0.0258. The molecule has 5 aliphatic rings. The van der Waals surface area contributed by atoms with E-state index in [9.17, 15) is 9.59 Å². The van der Waals surface area contributed by atoms with E-state index in [4.69, 9.17) is 9.57 Å². The number of hydroxylamine groups is 1. The van der Waals surface area contributed by atoms with Crippen LogP contribution in [0.4, 0.5) is 0 Å². The number of likely N-dealkylation sites (tertiary alicyclic amines) is 1. The zero-order chi connectivity index (χ0) is 27.0. The Kier molecular flexibility index (Phi) is 9.02. The van der Waals surface area contributed by atoms with Gasteiger partial charge in [-0.3, -0.25) is 14.4 Å². The molecule has 2 saturated carbocycles. The predicted octanol–water partition coefficient (Wildman–Crippen LogP) is 3.26. The van der Waals surface area contributed by atoms with Gasteiger partial charge in [-0.15, -0.1) is 0 Å². The predicted molar refractivity (Wildman–Crippen MR) is 147 cm³/mol. The molecule has 0 radical (unpaired) electrons.